The molecule has 0 aliphatic heterocycles. The van der Waals surface area contributed by atoms with E-state index in [4.69, 9.17) is 0 Å². The zero-order valence-corrected chi connectivity index (χ0v) is 22.3. The van der Waals surface area contributed by atoms with E-state index >= 15 is 0 Å². The summed E-state index contributed by atoms with van der Waals surface area (Å²) in [6, 6.07) is 14.6. The van der Waals surface area contributed by atoms with Crippen LogP contribution < -0.4 is 10.9 Å². The number of pyridine rings is 1. The Hall–Kier alpha value is -3.64. The summed E-state index contributed by atoms with van der Waals surface area (Å²) in [7, 11) is 6.10. The summed E-state index contributed by atoms with van der Waals surface area (Å²) in [5.74, 6) is 0.121. The molecular formula is C30H36N4O2. The molecule has 6 nitrogen and oxygen atoms in total. The first kappa shape index (κ1) is 25.5. The number of benzene rings is 2. The van der Waals surface area contributed by atoms with Crippen molar-refractivity contribution >= 4 is 16.8 Å². The van der Waals surface area contributed by atoms with Gasteiger partial charge in [-0.3, -0.25) is 9.59 Å². The second-order valence-corrected chi connectivity index (χ2v) is 10.3. The third-order valence-electron chi connectivity index (χ3n) is 6.65. The van der Waals surface area contributed by atoms with Gasteiger partial charge in [0.05, 0.1) is 11.1 Å². The van der Waals surface area contributed by atoms with Crippen LogP contribution in [0.1, 0.15) is 58.1 Å². The van der Waals surface area contributed by atoms with Crippen molar-refractivity contribution in [3.05, 3.63) is 92.5 Å². The maximum atomic E-state index is 13.6. The van der Waals surface area contributed by atoms with Crippen molar-refractivity contribution in [1.29, 1.82) is 0 Å². The number of carbonyl (C=O) groups is 1. The van der Waals surface area contributed by atoms with Gasteiger partial charge in [-0.2, -0.15) is 0 Å². The van der Waals surface area contributed by atoms with Crippen LogP contribution in [0.2, 0.25) is 0 Å². The van der Waals surface area contributed by atoms with Crippen LogP contribution in [0.5, 0.6) is 0 Å². The van der Waals surface area contributed by atoms with E-state index in [1.54, 1.807) is 0 Å². The Morgan fingerprint density at radius 2 is 1.83 bits per heavy atom. The summed E-state index contributed by atoms with van der Waals surface area (Å²) in [6.45, 7) is 9.11. The minimum atomic E-state index is -0.192. The van der Waals surface area contributed by atoms with Gasteiger partial charge in [-0.25, -0.2) is 0 Å². The number of hydrogen-bond acceptors (Lipinski definition) is 3. The fourth-order valence-corrected chi connectivity index (χ4v) is 4.96. The molecule has 0 fully saturated rings. The predicted octanol–water partition coefficient (Wildman–Crippen LogP) is 5.27. The number of aromatic nitrogens is 2. The molecule has 0 saturated carbocycles. The third kappa shape index (κ3) is 5.14. The van der Waals surface area contributed by atoms with Crippen molar-refractivity contribution in [3.63, 3.8) is 0 Å². The molecule has 2 aromatic carbocycles. The van der Waals surface area contributed by atoms with Gasteiger partial charge in [-0.15, -0.1) is 0 Å². The second-order valence-electron chi connectivity index (χ2n) is 10.3. The van der Waals surface area contributed by atoms with Crippen LogP contribution in [0.3, 0.4) is 0 Å². The molecular weight excluding hydrogens is 448 g/mol. The largest absolute Gasteiger partial charge is 0.350 e. The molecule has 4 aromatic rings. The number of hydrogen-bond donors (Lipinski definition) is 2. The summed E-state index contributed by atoms with van der Waals surface area (Å²) in [4.78, 5) is 31.1. The van der Waals surface area contributed by atoms with Crippen molar-refractivity contribution in [2.75, 3.05) is 14.1 Å². The topological polar surface area (TPSA) is 70.1 Å². The fourth-order valence-electron chi connectivity index (χ4n) is 4.96. The lowest BCUT2D eigenvalue weighted by molar-refractivity contribution is 0.0952. The Labute approximate surface area is 213 Å². The van der Waals surface area contributed by atoms with Crippen LogP contribution in [-0.4, -0.2) is 34.5 Å². The number of nitrogens with zero attached hydrogens (tertiary/aromatic N) is 2. The Morgan fingerprint density at radius 1 is 1.08 bits per heavy atom. The van der Waals surface area contributed by atoms with E-state index < -0.39 is 0 Å². The minimum absolute atomic E-state index is 0.162. The Morgan fingerprint density at radius 3 is 2.50 bits per heavy atom. The summed E-state index contributed by atoms with van der Waals surface area (Å²) >= 11 is 0. The van der Waals surface area contributed by atoms with Gasteiger partial charge < -0.3 is 19.8 Å². The SMILES string of the molecule is Cc1cc(C)c(CNC(=O)c2cc(-c3cccc(CN(C)C)c3)cc3c(C(C)C)cn(C)c23)c(=O)[nH]1. The molecule has 0 spiro atoms. The molecule has 0 unspecified atom stereocenters. The van der Waals surface area contributed by atoms with E-state index in [0.29, 0.717) is 17.0 Å². The van der Waals surface area contributed by atoms with Gasteiger partial charge in [-0.05, 0) is 85.9 Å². The molecule has 2 heterocycles. The van der Waals surface area contributed by atoms with Crippen molar-refractivity contribution in [2.24, 2.45) is 7.05 Å². The molecule has 0 saturated heterocycles. The van der Waals surface area contributed by atoms with Crippen LogP contribution in [0.25, 0.3) is 22.0 Å². The van der Waals surface area contributed by atoms with E-state index in [2.05, 4.69) is 79.7 Å². The van der Waals surface area contributed by atoms with Crippen molar-refractivity contribution in [3.8, 4) is 11.1 Å². The van der Waals surface area contributed by atoms with Crippen molar-refractivity contribution in [2.45, 2.75) is 46.7 Å². The second kappa shape index (κ2) is 10.2. The van der Waals surface area contributed by atoms with Gasteiger partial charge in [-0.1, -0.05) is 32.0 Å². The molecule has 6 heteroatoms. The Balaban J connectivity index is 1.80. The molecule has 4 rings (SSSR count). The molecule has 0 bridgehead atoms. The average Bonchev–Trinajstić information content (AvgIpc) is 3.14. The number of H-pyrrole nitrogens is 1. The highest BCUT2D eigenvalue weighted by atomic mass is 16.1. The lowest BCUT2D eigenvalue weighted by Crippen LogP contribution is -2.28. The van der Waals surface area contributed by atoms with Gasteiger partial charge >= 0.3 is 0 Å². The first-order valence-electron chi connectivity index (χ1n) is 12.4. The predicted molar refractivity (Wildman–Crippen MR) is 148 cm³/mol. The molecule has 0 aliphatic rings. The van der Waals surface area contributed by atoms with Gasteiger partial charge in [0.2, 0.25) is 0 Å². The number of amides is 1. The molecule has 2 N–H and O–H groups in total. The molecule has 2 aromatic heterocycles. The van der Waals surface area contributed by atoms with Crippen LogP contribution in [0, 0.1) is 13.8 Å². The van der Waals surface area contributed by atoms with E-state index in [1.165, 1.54) is 11.1 Å². The quantitative estimate of drug-likeness (QED) is 0.376. The maximum Gasteiger partial charge on any atom is 0.253 e. The highest BCUT2D eigenvalue weighted by Gasteiger charge is 2.20. The van der Waals surface area contributed by atoms with Gasteiger partial charge in [0.15, 0.2) is 0 Å². The van der Waals surface area contributed by atoms with E-state index in [0.717, 1.165) is 39.8 Å². The zero-order chi connectivity index (χ0) is 26.1. The van der Waals surface area contributed by atoms with Crippen LogP contribution >= 0.6 is 0 Å². The normalized spacial score (nSPS) is 11.6. The fraction of sp³-hybridized carbons (Fsp3) is 0.333. The van der Waals surface area contributed by atoms with E-state index in [-0.39, 0.29) is 18.0 Å². The molecule has 36 heavy (non-hydrogen) atoms. The standard InChI is InChI=1S/C30H36N4O2/c1-18(2)27-17-34(7)28-24(27)13-23(22-10-8-9-21(12-22)16-33(5)6)14-25(28)29(35)31-15-26-19(3)11-20(4)32-30(26)36/h8-14,17-18H,15-16H2,1-7H3,(H,31,35)(H,32,36). The van der Waals surface area contributed by atoms with Gasteiger partial charge in [0.25, 0.3) is 11.5 Å². The lowest BCUT2D eigenvalue weighted by atomic mass is 9.94. The highest BCUT2D eigenvalue weighted by molar-refractivity contribution is 6.08. The lowest BCUT2D eigenvalue weighted by Gasteiger charge is -2.14. The van der Waals surface area contributed by atoms with E-state index in [9.17, 15) is 9.59 Å². The summed E-state index contributed by atoms with van der Waals surface area (Å²) in [6.07, 6.45) is 2.12. The van der Waals surface area contributed by atoms with Crippen molar-refractivity contribution < 1.29 is 4.79 Å². The molecule has 0 radical (unpaired) electrons. The number of fused-ring (bicyclic) bond motifs is 1. The Kier molecular flexibility index (Phi) is 7.18. The van der Waals surface area contributed by atoms with Crippen LogP contribution in [-0.2, 0) is 20.1 Å². The number of aryl methyl sites for hydroxylation is 3. The highest BCUT2D eigenvalue weighted by Crippen LogP contribution is 2.34. The summed E-state index contributed by atoms with van der Waals surface area (Å²) in [5.41, 5.74) is 8.11. The van der Waals surface area contributed by atoms with Gasteiger partial charge in [0, 0.05) is 43.0 Å². The Bertz CT molecular complexity index is 1490. The zero-order valence-electron chi connectivity index (χ0n) is 22.3. The smallest absolute Gasteiger partial charge is 0.253 e. The van der Waals surface area contributed by atoms with E-state index in [1.807, 2.05) is 37.6 Å². The first-order chi connectivity index (χ1) is 17.0. The number of nitrogens with one attached hydrogen (secondary N) is 2. The third-order valence-corrected chi connectivity index (χ3v) is 6.65. The number of aromatic amines is 1. The number of carbonyl (C=O) groups excluding carboxylic acids is 1. The monoisotopic (exact) mass is 484 g/mol. The van der Waals surface area contributed by atoms with Crippen molar-refractivity contribution in [1.82, 2.24) is 19.8 Å². The number of rotatable bonds is 7. The average molecular weight is 485 g/mol. The summed E-state index contributed by atoms with van der Waals surface area (Å²) in [5, 5.41) is 4.09. The van der Waals surface area contributed by atoms with Crippen LogP contribution in [0.4, 0.5) is 0 Å². The first-order valence-corrected chi connectivity index (χ1v) is 12.4. The minimum Gasteiger partial charge on any atom is -0.350 e. The van der Waals surface area contributed by atoms with Gasteiger partial charge in [0.1, 0.15) is 0 Å². The molecule has 1 amide bonds. The summed E-state index contributed by atoms with van der Waals surface area (Å²) < 4.78 is 2.04. The molecule has 0 aliphatic carbocycles. The molecule has 188 valence electrons. The van der Waals surface area contributed by atoms with Crippen LogP contribution in [0.15, 0.2) is 53.5 Å². The maximum absolute atomic E-state index is 13.6. The molecule has 0 atom stereocenters.